The fourth-order valence-corrected chi connectivity index (χ4v) is 2.28. The van der Waals surface area contributed by atoms with E-state index in [4.69, 9.17) is 0 Å². The van der Waals surface area contributed by atoms with Crippen LogP contribution in [0.2, 0.25) is 0 Å². The van der Waals surface area contributed by atoms with E-state index in [1.54, 1.807) is 11.9 Å². The molecule has 0 aliphatic carbocycles. The minimum absolute atomic E-state index is 0.0996. The Morgan fingerprint density at radius 3 is 2.57 bits per heavy atom. The summed E-state index contributed by atoms with van der Waals surface area (Å²) in [7, 11) is 1.81. The Balaban J connectivity index is 1.85. The molecular formula is C17H19BrN2O. The van der Waals surface area contributed by atoms with Crippen LogP contribution in [-0.4, -0.2) is 19.5 Å². The maximum absolute atomic E-state index is 12.1. The second-order valence-corrected chi connectivity index (χ2v) is 5.78. The average Bonchev–Trinajstić information content (AvgIpc) is 2.51. The van der Waals surface area contributed by atoms with Crippen molar-refractivity contribution in [2.45, 2.75) is 13.3 Å². The molecular weight excluding hydrogens is 328 g/mol. The van der Waals surface area contributed by atoms with Crippen molar-refractivity contribution in [1.29, 1.82) is 0 Å². The van der Waals surface area contributed by atoms with Gasteiger partial charge in [-0.15, -0.1) is 0 Å². The van der Waals surface area contributed by atoms with E-state index in [0.717, 1.165) is 15.8 Å². The van der Waals surface area contributed by atoms with Gasteiger partial charge in [-0.2, -0.15) is 0 Å². The highest BCUT2D eigenvalue weighted by atomic mass is 79.9. The average molecular weight is 347 g/mol. The van der Waals surface area contributed by atoms with Crippen molar-refractivity contribution in [2.24, 2.45) is 0 Å². The van der Waals surface area contributed by atoms with E-state index in [0.29, 0.717) is 13.0 Å². The van der Waals surface area contributed by atoms with Crippen molar-refractivity contribution in [3.63, 3.8) is 0 Å². The zero-order valence-corrected chi connectivity index (χ0v) is 13.9. The van der Waals surface area contributed by atoms with Crippen LogP contribution in [0.1, 0.15) is 12.0 Å². The summed E-state index contributed by atoms with van der Waals surface area (Å²) in [6.07, 6.45) is 0.459. The van der Waals surface area contributed by atoms with E-state index in [-0.39, 0.29) is 5.91 Å². The number of amides is 1. The van der Waals surface area contributed by atoms with Gasteiger partial charge in [0.2, 0.25) is 5.91 Å². The molecule has 2 rings (SSSR count). The molecule has 0 unspecified atom stereocenters. The first-order chi connectivity index (χ1) is 10.1. The van der Waals surface area contributed by atoms with Gasteiger partial charge in [0.25, 0.3) is 0 Å². The lowest BCUT2D eigenvalue weighted by atomic mass is 10.2. The quantitative estimate of drug-likeness (QED) is 0.878. The molecule has 4 heteroatoms. The molecule has 0 heterocycles. The van der Waals surface area contributed by atoms with Gasteiger partial charge in [0, 0.05) is 35.9 Å². The van der Waals surface area contributed by atoms with Crippen LogP contribution in [0, 0.1) is 6.92 Å². The van der Waals surface area contributed by atoms with Gasteiger partial charge in [0.1, 0.15) is 0 Å². The van der Waals surface area contributed by atoms with Gasteiger partial charge in [0.05, 0.1) is 0 Å². The molecule has 0 aromatic heterocycles. The van der Waals surface area contributed by atoms with E-state index >= 15 is 0 Å². The Kier molecular flexibility index (Phi) is 5.39. The number of hydrogen-bond acceptors (Lipinski definition) is 2. The molecule has 3 nitrogen and oxygen atoms in total. The number of nitrogens with one attached hydrogen (secondary N) is 1. The number of nitrogens with zero attached hydrogens (tertiary/aromatic N) is 1. The molecule has 0 atom stereocenters. The smallest absolute Gasteiger partial charge is 0.228 e. The fourth-order valence-electron chi connectivity index (χ4n) is 2.03. The highest BCUT2D eigenvalue weighted by Crippen LogP contribution is 2.20. The van der Waals surface area contributed by atoms with E-state index in [1.165, 1.54) is 5.56 Å². The Bertz CT molecular complexity index is 613. The van der Waals surface area contributed by atoms with Crippen molar-refractivity contribution in [2.75, 3.05) is 23.8 Å². The van der Waals surface area contributed by atoms with Gasteiger partial charge >= 0.3 is 0 Å². The molecule has 0 aliphatic heterocycles. The predicted molar refractivity (Wildman–Crippen MR) is 91.8 cm³/mol. The molecule has 21 heavy (non-hydrogen) atoms. The van der Waals surface area contributed by atoms with Crippen molar-refractivity contribution in [3.8, 4) is 0 Å². The number of anilines is 2. The highest BCUT2D eigenvalue weighted by molar-refractivity contribution is 9.10. The molecule has 0 bridgehead atoms. The lowest BCUT2D eigenvalue weighted by molar-refractivity contribution is -0.118. The Morgan fingerprint density at radius 1 is 1.19 bits per heavy atom. The number of benzene rings is 2. The first-order valence-corrected chi connectivity index (χ1v) is 7.69. The van der Waals surface area contributed by atoms with Gasteiger partial charge in [-0.05, 0) is 42.8 Å². The predicted octanol–water partition coefficient (Wildman–Crippen LogP) is 4.22. The van der Waals surface area contributed by atoms with Crippen molar-refractivity contribution in [1.82, 2.24) is 0 Å². The first-order valence-electron chi connectivity index (χ1n) is 6.89. The van der Waals surface area contributed by atoms with Crippen LogP contribution in [0.5, 0.6) is 0 Å². The fraction of sp³-hybridized carbons (Fsp3) is 0.235. The molecule has 2 aromatic rings. The van der Waals surface area contributed by atoms with Gasteiger partial charge in [-0.25, -0.2) is 0 Å². The number of hydrogen-bond donors (Lipinski definition) is 1. The van der Waals surface area contributed by atoms with E-state index in [9.17, 15) is 4.79 Å². The summed E-state index contributed by atoms with van der Waals surface area (Å²) in [4.78, 5) is 13.8. The summed E-state index contributed by atoms with van der Waals surface area (Å²) in [6.45, 7) is 2.67. The summed E-state index contributed by atoms with van der Waals surface area (Å²) >= 11 is 3.48. The minimum atomic E-state index is 0.0996. The molecule has 0 saturated carbocycles. The van der Waals surface area contributed by atoms with Crippen LogP contribution in [0.25, 0.3) is 0 Å². The first kappa shape index (κ1) is 15.6. The van der Waals surface area contributed by atoms with Crippen LogP contribution >= 0.6 is 15.9 Å². The van der Waals surface area contributed by atoms with Gasteiger partial charge in [0.15, 0.2) is 0 Å². The second-order valence-electron chi connectivity index (χ2n) is 4.93. The normalized spacial score (nSPS) is 10.2. The monoisotopic (exact) mass is 346 g/mol. The third-order valence-corrected chi connectivity index (χ3v) is 4.23. The van der Waals surface area contributed by atoms with E-state index < -0.39 is 0 Å². The minimum Gasteiger partial charge on any atom is -0.385 e. The Hall–Kier alpha value is -1.81. The molecule has 1 N–H and O–H groups in total. The number of carbonyl (C=O) groups is 1. The molecule has 1 amide bonds. The molecule has 0 saturated heterocycles. The zero-order valence-electron chi connectivity index (χ0n) is 12.3. The largest absolute Gasteiger partial charge is 0.385 e. The maximum Gasteiger partial charge on any atom is 0.228 e. The Labute approximate surface area is 134 Å². The highest BCUT2D eigenvalue weighted by Gasteiger charge is 2.09. The van der Waals surface area contributed by atoms with Crippen molar-refractivity contribution < 1.29 is 4.79 Å². The maximum atomic E-state index is 12.1. The van der Waals surface area contributed by atoms with E-state index in [1.807, 2.05) is 49.4 Å². The number of para-hydroxylation sites is 1. The molecule has 0 radical (unpaired) electrons. The Morgan fingerprint density at radius 2 is 1.90 bits per heavy atom. The third kappa shape index (κ3) is 4.33. The van der Waals surface area contributed by atoms with Gasteiger partial charge in [-0.3, -0.25) is 4.79 Å². The van der Waals surface area contributed by atoms with Crippen molar-refractivity contribution >= 4 is 33.2 Å². The lowest BCUT2D eigenvalue weighted by Gasteiger charge is -2.17. The van der Waals surface area contributed by atoms with Crippen LogP contribution in [0.3, 0.4) is 0 Å². The summed E-state index contributed by atoms with van der Waals surface area (Å²) in [5, 5.41) is 3.28. The summed E-state index contributed by atoms with van der Waals surface area (Å²) in [6, 6.07) is 15.8. The van der Waals surface area contributed by atoms with Gasteiger partial charge in [-0.1, -0.05) is 34.1 Å². The van der Waals surface area contributed by atoms with Crippen LogP contribution < -0.4 is 10.2 Å². The zero-order chi connectivity index (χ0) is 15.2. The molecule has 110 valence electrons. The number of carbonyl (C=O) groups excluding carboxylic acids is 1. The summed E-state index contributed by atoms with van der Waals surface area (Å²) in [5.74, 6) is 0.0996. The number of aryl methyl sites for hydroxylation is 1. The van der Waals surface area contributed by atoms with E-state index in [2.05, 4.69) is 27.3 Å². The van der Waals surface area contributed by atoms with Crippen LogP contribution in [-0.2, 0) is 4.79 Å². The van der Waals surface area contributed by atoms with Crippen LogP contribution in [0.4, 0.5) is 11.4 Å². The third-order valence-electron chi connectivity index (χ3n) is 3.34. The lowest BCUT2D eigenvalue weighted by Crippen LogP contribution is -2.27. The van der Waals surface area contributed by atoms with Crippen molar-refractivity contribution in [3.05, 3.63) is 58.6 Å². The number of halogens is 1. The number of rotatable bonds is 5. The molecule has 0 aliphatic rings. The second kappa shape index (κ2) is 7.27. The topological polar surface area (TPSA) is 32.3 Å². The molecule has 0 fully saturated rings. The van der Waals surface area contributed by atoms with Crippen LogP contribution in [0.15, 0.2) is 53.0 Å². The summed E-state index contributed by atoms with van der Waals surface area (Å²) < 4.78 is 1.09. The standard InChI is InChI=1S/C17H19BrN2O/c1-13-12-14(8-9-16(13)18)19-11-10-17(21)20(2)15-6-4-3-5-7-15/h3-9,12,19H,10-11H2,1-2H3. The summed E-state index contributed by atoms with van der Waals surface area (Å²) in [5.41, 5.74) is 3.13. The molecule has 2 aromatic carbocycles. The molecule has 0 spiro atoms. The SMILES string of the molecule is Cc1cc(NCCC(=O)N(C)c2ccccc2)ccc1Br. The van der Waals surface area contributed by atoms with Gasteiger partial charge < -0.3 is 10.2 Å².